The van der Waals surface area contributed by atoms with E-state index in [0.717, 1.165) is 58.5 Å². The van der Waals surface area contributed by atoms with Crippen molar-refractivity contribution in [3.63, 3.8) is 0 Å². The number of hydrogen-bond donors (Lipinski definition) is 1. The first-order chi connectivity index (χ1) is 20.1. The first-order valence-electron chi connectivity index (χ1n) is 15.5. The monoisotopic (exact) mass is 730 g/mol. The fourth-order valence-corrected chi connectivity index (χ4v) is 15.8. The Balaban J connectivity index is 1.51. The Kier molecular flexibility index (Phi) is 7.44. The molecule has 2 fully saturated rings. The van der Waals surface area contributed by atoms with E-state index < -0.39 is 41.0 Å². The molecule has 2 saturated heterocycles. The van der Waals surface area contributed by atoms with Crippen LogP contribution in [0.2, 0.25) is 0 Å². The van der Waals surface area contributed by atoms with Gasteiger partial charge in [-0.25, -0.2) is 0 Å². The van der Waals surface area contributed by atoms with Gasteiger partial charge < -0.3 is 0 Å². The molecule has 4 aliphatic heterocycles. The van der Waals surface area contributed by atoms with Crippen molar-refractivity contribution >= 4 is 6.14 Å². The zero-order chi connectivity index (χ0) is 27.9. The van der Waals surface area contributed by atoms with Crippen LogP contribution < -0.4 is 6.14 Å². The van der Waals surface area contributed by atoms with Crippen LogP contribution in [0.4, 0.5) is 0 Å². The SMILES string of the molecule is CCCCC1(O)C2(c3ccccc3)CN3Cc4cccc[c]4[Hg][c]4ccccc4CN(C2)CC1(c1ccccc1)C3. The fourth-order valence-electron chi connectivity index (χ4n) is 8.67. The van der Waals surface area contributed by atoms with Crippen molar-refractivity contribution in [1.29, 1.82) is 0 Å². The van der Waals surface area contributed by atoms with Crippen LogP contribution >= 0.6 is 0 Å². The molecule has 3 nitrogen and oxygen atoms in total. The summed E-state index contributed by atoms with van der Waals surface area (Å²) in [4.78, 5) is 5.44. The molecular weight excluding hydrogens is 689 g/mol. The minimum atomic E-state index is -1.56. The molecule has 0 spiro atoms. The number of nitrogens with zero attached hydrogens (tertiary/aromatic N) is 2. The molecule has 4 bridgehead atoms. The zero-order valence-electron chi connectivity index (χ0n) is 24.3. The van der Waals surface area contributed by atoms with Crippen molar-refractivity contribution in [1.82, 2.24) is 9.80 Å². The van der Waals surface area contributed by atoms with Gasteiger partial charge >= 0.3 is 259 Å². The van der Waals surface area contributed by atoms with Crippen LogP contribution in [-0.2, 0) is 48.5 Å². The molecule has 4 aromatic rings. The van der Waals surface area contributed by atoms with Gasteiger partial charge in [0.1, 0.15) is 0 Å². The summed E-state index contributed by atoms with van der Waals surface area (Å²) in [5.41, 5.74) is 3.88. The molecule has 4 aromatic carbocycles. The Bertz CT molecular complexity index is 1380. The van der Waals surface area contributed by atoms with Crippen molar-refractivity contribution in [2.45, 2.75) is 55.7 Å². The van der Waals surface area contributed by atoms with Crippen LogP contribution in [-0.4, -0.2) is 46.7 Å². The third-order valence-corrected chi connectivity index (χ3v) is 18.8. The van der Waals surface area contributed by atoms with Gasteiger partial charge in [0.05, 0.1) is 0 Å². The molecule has 0 aromatic heterocycles. The maximum atomic E-state index is 13.6. The number of benzene rings is 4. The molecule has 206 valence electrons. The van der Waals surface area contributed by atoms with Gasteiger partial charge in [0, 0.05) is 0 Å². The minimum absolute atomic E-state index is 0.414. The number of aliphatic hydroxyl groups is 1. The molecular formula is C37H40HgN2O. The molecule has 1 N–H and O–H groups in total. The van der Waals surface area contributed by atoms with Gasteiger partial charge in [-0.3, -0.25) is 0 Å². The predicted molar refractivity (Wildman–Crippen MR) is 163 cm³/mol. The van der Waals surface area contributed by atoms with E-state index in [-0.39, 0.29) is 0 Å². The van der Waals surface area contributed by atoms with Crippen LogP contribution in [0.15, 0.2) is 109 Å². The molecule has 0 unspecified atom stereocenters. The van der Waals surface area contributed by atoms with Crippen molar-refractivity contribution in [3.8, 4) is 0 Å². The van der Waals surface area contributed by atoms with Crippen molar-refractivity contribution in [3.05, 3.63) is 131 Å². The van der Waals surface area contributed by atoms with Gasteiger partial charge in [-0.05, 0) is 0 Å². The topological polar surface area (TPSA) is 26.7 Å². The van der Waals surface area contributed by atoms with Gasteiger partial charge in [-0.1, -0.05) is 0 Å². The maximum absolute atomic E-state index is 13.6. The van der Waals surface area contributed by atoms with Gasteiger partial charge in [0.15, 0.2) is 0 Å². The van der Waals surface area contributed by atoms with E-state index in [9.17, 15) is 5.11 Å². The van der Waals surface area contributed by atoms with Crippen molar-refractivity contribution in [2.24, 2.45) is 0 Å². The summed E-state index contributed by atoms with van der Waals surface area (Å²) < 4.78 is 3.27. The number of rotatable bonds is 5. The second-order valence-electron chi connectivity index (χ2n) is 12.9. The molecule has 0 radical (unpaired) electrons. The van der Waals surface area contributed by atoms with E-state index in [1.165, 1.54) is 22.3 Å². The summed E-state index contributed by atoms with van der Waals surface area (Å²) in [6.07, 6.45) is 2.93. The van der Waals surface area contributed by atoms with E-state index in [1.54, 1.807) is 6.14 Å². The number of unbranched alkanes of at least 4 members (excludes halogenated alkanes) is 1. The quantitative estimate of drug-likeness (QED) is 0.288. The van der Waals surface area contributed by atoms with Gasteiger partial charge in [0.2, 0.25) is 0 Å². The van der Waals surface area contributed by atoms with Crippen LogP contribution in [0.25, 0.3) is 0 Å². The Hall–Kier alpha value is -2.30. The number of hydrogen-bond acceptors (Lipinski definition) is 3. The first-order valence-corrected chi connectivity index (χ1v) is 21.0. The fraction of sp³-hybridized carbons (Fsp3) is 0.351. The standard InChI is InChI=1S/C37H40N2O.Hg/c1-2-3-24-37(40)35(33-20-12-6-13-21-33)27-38(25-31-16-8-4-9-17-31)28-36(37,34-22-14-7-15-23-34)30-39(29-35)26-32-18-10-5-11-19-32;/h4-16,18,20-23,40H,2-3,24-30H2,1H3;. The molecule has 0 amide bonds. The molecule has 4 heterocycles. The van der Waals surface area contributed by atoms with E-state index in [2.05, 4.69) is 126 Å². The second kappa shape index (κ2) is 11.1. The zero-order valence-corrected chi connectivity index (χ0v) is 29.8. The van der Waals surface area contributed by atoms with Crippen LogP contribution in [0.5, 0.6) is 0 Å². The van der Waals surface area contributed by atoms with E-state index in [4.69, 9.17) is 0 Å². The Labute approximate surface area is 257 Å². The van der Waals surface area contributed by atoms with Crippen molar-refractivity contribution < 1.29 is 29.7 Å². The van der Waals surface area contributed by atoms with E-state index in [0.29, 0.717) is 0 Å². The van der Waals surface area contributed by atoms with Crippen LogP contribution in [0.3, 0.4) is 0 Å². The van der Waals surface area contributed by atoms with E-state index >= 15 is 0 Å². The third kappa shape index (κ3) is 4.55. The van der Waals surface area contributed by atoms with Crippen molar-refractivity contribution in [2.75, 3.05) is 26.2 Å². The molecule has 8 rings (SSSR count). The van der Waals surface area contributed by atoms with Crippen LogP contribution in [0.1, 0.15) is 48.4 Å². The Morgan fingerprint density at radius 3 is 1.46 bits per heavy atom. The summed E-state index contributed by atoms with van der Waals surface area (Å²) in [6.45, 7) is 7.64. The molecule has 4 aliphatic rings. The average molecular weight is 729 g/mol. The molecule has 0 aliphatic carbocycles. The third-order valence-electron chi connectivity index (χ3n) is 10.5. The molecule has 4 heteroatoms. The summed E-state index contributed by atoms with van der Waals surface area (Å²) in [5, 5.41) is 13.6. The second-order valence-corrected chi connectivity index (χ2v) is 20.2. The van der Waals surface area contributed by atoms with Gasteiger partial charge in [0.25, 0.3) is 0 Å². The number of piperidine rings is 2. The first kappa shape index (κ1) is 27.5. The average Bonchev–Trinajstić information content (AvgIpc) is 2.99. The summed E-state index contributed by atoms with van der Waals surface area (Å²) >= 11 is -1.56. The molecule has 0 saturated carbocycles. The van der Waals surface area contributed by atoms with Gasteiger partial charge in [-0.2, -0.15) is 0 Å². The summed E-state index contributed by atoms with van der Waals surface area (Å²) in [7, 11) is 0. The summed E-state index contributed by atoms with van der Waals surface area (Å²) in [6, 6.07) is 40.7. The predicted octanol–water partition coefficient (Wildman–Crippen LogP) is 5.16. The molecule has 0 atom stereocenters. The Morgan fingerprint density at radius 1 is 0.610 bits per heavy atom. The summed E-state index contributed by atoms with van der Waals surface area (Å²) in [5.74, 6) is 0. The normalized spacial score (nSPS) is 30.2. The van der Waals surface area contributed by atoms with Crippen LogP contribution in [0, 0.1) is 0 Å². The van der Waals surface area contributed by atoms with E-state index in [1.807, 2.05) is 0 Å². The Morgan fingerprint density at radius 2 is 1.02 bits per heavy atom. The van der Waals surface area contributed by atoms with Gasteiger partial charge in [-0.15, -0.1) is 0 Å². The molecule has 41 heavy (non-hydrogen) atoms.